The van der Waals surface area contributed by atoms with Gasteiger partial charge in [0.05, 0.1) is 12.7 Å². The van der Waals surface area contributed by atoms with Crippen LogP contribution in [-0.2, 0) is 18.3 Å². The molecule has 3 aromatic rings. The van der Waals surface area contributed by atoms with Gasteiger partial charge in [0, 0.05) is 55.0 Å². The number of halogens is 2. The monoisotopic (exact) mass is 384 g/mol. The molecule has 1 unspecified atom stereocenters. The Labute approximate surface area is 162 Å². The van der Waals surface area contributed by atoms with E-state index in [1.54, 1.807) is 15.8 Å². The Bertz CT molecular complexity index is 1000. The molecule has 1 aromatic carbocycles. The Morgan fingerprint density at radius 2 is 2.07 bits per heavy atom. The van der Waals surface area contributed by atoms with E-state index in [2.05, 4.69) is 16.1 Å². The largest absolute Gasteiger partial charge is 0.299 e. The van der Waals surface area contributed by atoms with Gasteiger partial charge in [0.25, 0.3) is 6.43 Å². The van der Waals surface area contributed by atoms with Crippen LogP contribution in [0.5, 0.6) is 0 Å². The minimum atomic E-state index is -2.36. The van der Waals surface area contributed by atoms with Gasteiger partial charge in [-0.15, -0.1) is 0 Å². The Morgan fingerprint density at radius 1 is 1.21 bits per heavy atom. The smallest absolute Gasteiger partial charge is 0.251 e. The zero-order valence-corrected chi connectivity index (χ0v) is 15.7. The molecule has 4 rings (SSSR count). The van der Waals surface area contributed by atoms with Crippen molar-refractivity contribution in [3.8, 4) is 11.1 Å². The first-order valence-corrected chi connectivity index (χ1v) is 9.39. The molecule has 0 N–H and O–H groups in total. The molecule has 0 bridgehead atoms. The van der Waals surface area contributed by atoms with Crippen molar-refractivity contribution in [2.45, 2.75) is 19.3 Å². The van der Waals surface area contributed by atoms with Gasteiger partial charge >= 0.3 is 0 Å². The van der Waals surface area contributed by atoms with E-state index in [0.717, 1.165) is 21.9 Å². The first-order chi connectivity index (χ1) is 13.5. The fourth-order valence-corrected chi connectivity index (χ4v) is 3.81. The molecule has 1 aliphatic heterocycles. The third kappa shape index (κ3) is 4.09. The summed E-state index contributed by atoms with van der Waals surface area (Å²) in [7, 11) is 1.88. The number of hydrogen-bond acceptors (Lipinski definition) is 4. The fraction of sp³-hybridized carbons (Fsp3) is 0.381. The lowest BCUT2D eigenvalue weighted by Gasteiger charge is -2.14. The molecule has 7 heteroatoms. The highest BCUT2D eigenvalue weighted by molar-refractivity contribution is 5.88. The first kappa shape index (κ1) is 18.7. The van der Waals surface area contributed by atoms with Crippen LogP contribution in [0.2, 0.25) is 0 Å². The molecule has 1 atom stereocenters. The highest BCUT2D eigenvalue weighted by atomic mass is 19.3. The third-order valence-electron chi connectivity index (χ3n) is 5.30. The van der Waals surface area contributed by atoms with E-state index in [-0.39, 0.29) is 24.7 Å². The van der Waals surface area contributed by atoms with E-state index in [1.807, 2.05) is 37.6 Å². The summed E-state index contributed by atoms with van der Waals surface area (Å²) in [6.07, 6.45) is 4.08. The van der Waals surface area contributed by atoms with E-state index < -0.39 is 6.43 Å². The Morgan fingerprint density at radius 3 is 2.82 bits per heavy atom. The number of Topliss-reactive ketones (excluding diaryl/α,β-unsaturated/α-hetero) is 1. The average molecular weight is 384 g/mol. The lowest BCUT2D eigenvalue weighted by atomic mass is 9.98. The molecule has 1 fully saturated rings. The van der Waals surface area contributed by atoms with Crippen molar-refractivity contribution in [2.24, 2.45) is 13.0 Å². The summed E-state index contributed by atoms with van der Waals surface area (Å²) >= 11 is 0. The number of rotatable bonds is 6. The van der Waals surface area contributed by atoms with Crippen molar-refractivity contribution in [3.05, 3.63) is 48.5 Å². The standard InChI is InChI=1S/C21H22F2N4O/c1-26-11-18(10-25-26)14-2-3-15-9-24-19(7-17(15)6-14)8-20(28)16-4-5-27(12-16)13-21(22)23/h2-3,6-7,9-11,16,21H,4-5,8,12-13H2,1H3. The molecule has 1 aliphatic rings. The SMILES string of the molecule is Cn1cc(-c2ccc3cnc(CC(=O)C4CCN(CC(F)F)C4)cc3c2)cn1. The second-order valence-corrected chi connectivity index (χ2v) is 7.42. The third-order valence-corrected chi connectivity index (χ3v) is 5.30. The summed E-state index contributed by atoms with van der Waals surface area (Å²) in [5.41, 5.74) is 2.81. The zero-order chi connectivity index (χ0) is 19.7. The predicted octanol–water partition coefficient (Wildman–Crippen LogP) is 3.33. The van der Waals surface area contributed by atoms with Crippen molar-refractivity contribution >= 4 is 16.6 Å². The molecule has 0 amide bonds. The second kappa shape index (κ2) is 7.75. The molecule has 2 aromatic heterocycles. The number of alkyl halides is 2. The number of carbonyl (C=O) groups is 1. The van der Waals surface area contributed by atoms with Gasteiger partial charge in [0.15, 0.2) is 0 Å². The van der Waals surface area contributed by atoms with E-state index in [9.17, 15) is 13.6 Å². The van der Waals surface area contributed by atoms with Gasteiger partial charge in [-0.25, -0.2) is 8.78 Å². The number of nitrogens with zero attached hydrogens (tertiary/aromatic N) is 4. The number of carbonyl (C=O) groups excluding carboxylic acids is 1. The molecule has 0 aliphatic carbocycles. The summed E-state index contributed by atoms with van der Waals surface area (Å²) in [6, 6.07) is 8.05. The van der Waals surface area contributed by atoms with Gasteiger partial charge in [-0.05, 0) is 36.0 Å². The topological polar surface area (TPSA) is 51.0 Å². The van der Waals surface area contributed by atoms with Crippen LogP contribution in [0.15, 0.2) is 42.9 Å². The van der Waals surface area contributed by atoms with Crippen LogP contribution in [0, 0.1) is 5.92 Å². The number of aryl methyl sites for hydroxylation is 1. The molecule has 0 spiro atoms. The number of benzene rings is 1. The predicted molar refractivity (Wildman–Crippen MR) is 103 cm³/mol. The maximum atomic E-state index is 12.6. The molecule has 146 valence electrons. The minimum Gasteiger partial charge on any atom is -0.299 e. The van der Waals surface area contributed by atoms with Gasteiger partial charge in [0.1, 0.15) is 5.78 Å². The highest BCUT2D eigenvalue weighted by Gasteiger charge is 2.29. The van der Waals surface area contributed by atoms with Gasteiger partial charge in [-0.3, -0.25) is 19.4 Å². The lowest BCUT2D eigenvalue weighted by Crippen LogP contribution is -2.28. The first-order valence-electron chi connectivity index (χ1n) is 9.39. The van der Waals surface area contributed by atoms with Crippen LogP contribution >= 0.6 is 0 Å². The Kier molecular flexibility index (Phi) is 5.17. The second-order valence-electron chi connectivity index (χ2n) is 7.42. The number of fused-ring (bicyclic) bond motifs is 1. The number of hydrogen-bond donors (Lipinski definition) is 0. The number of ketones is 1. The number of pyridine rings is 1. The highest BCUT2D eigenvalue weighted by Crippen LogP contribution is 2.25. The van der Waals surface area contributed by atoms with Crippen LogP contribution < -0.4 is 0 Å². The summed E-state index contributed by atoms with van der Waals surface area (Å²) in [5, 5.41) is 6.23. The van der Waals surface area contributed by atoms with Crippen LogP contribution in [0.3, 0.4) is 0 Å². The Hall–Kier alpha value is -2.67. The fourth-order valence-electron chi connectivity index (χ4n) is 3.81. The van der Waals surface area contributed by atoms with Gasteiger partial charge in [-0.2, -0.15) is 5.10 Å². The van der Waals surface area contributed by atoms with Crippen LogP contribution in [0.4, 0.5) is 8.78 Å². The molecule has 0 saturated carbocycles. The molecule has 1 saturated heterocycles. The summed E-state index contributed by atoms with van der Waals surface area (Å²) in [6.45, 7) is 0.720. The molecular formula is C21H22F2N4O. The zero-order valence-electron chi connectivity index (χ0n) is 15.7. The van der Waals surface area contributed by atoms with Gasteiger partial charge in [-0.1, -0.05) is 12.1 Å². The summed E-state index contributed by atoms with van der Waals surface area (Å²) in [4.78, 5) is 18.7. The molecule has 3 heterocycles. The normalized spacial score (nSPS) is 17.6. The maximum Gasteiger partial charge on any atom is 0.251 e. The van der Waals surface area contributed by atoms with Crippen molar-refractivity contribution in [3.63, 3.8) is 0 Å². The van der Waals surface area contributed by atoms with E-state index >= 15 is 0 Å². The van der Waals surface area contributed by atoms with E-state index in [1.165, 1.54) is 0 Å². The Balaban J connectivity index is 1.49. The van der Waals surface area contributed by atoms with Crippen molar-refractivity contribution in [1.82, 2.24) is 19.7 Å². The van der Waals surface area contributed by atoms with E-state index in [0.29, 0.717) is 25.2 Å². The average Bonchev–Trinajstić information content (AvgIpc) is 3.30. The molecule has 28 heavy (non-hydrogen) atoms. The van der Waals surface area contributed by atoms with Gasteiger partial charge in [0.2, 0.25) is 0 Å². The van der Waals surface area contributed by atoms with Crippen LogP contribution in [0.25, 0.3) is 21.9 Å². The van der Waals surface area contributed by atoms with Crippen molar-refractivity contribution in [2.75, 3.05) is 19.6 Å². The van der Waals surface area contributed by atoms with Crippen LogP contribution in [-0.4, -0.2) is 51.5 Å². The summed E-state index contributed by atoms with van der Waals surface area (Å²) in [5.74, 6) is -0.106. The van der Waals surface area contributed by atoms with Crippen molar-refractivity contribution in [1.29, 1.82) is 0 Å². The molecule has 0 radical (unpaired) electrons. The number of aromatic nitrogens is 3. The summed E-state index contributed by atoms with van der Waals surface area (Å²) < 4.78 is 26.8. The quantitative estimate of drug-likeness (QED) is 0.654. The van der Waals surface area contributed by atoms with Crippen LogP contribution in [0.1, 0.15) is 12.1 Å². The lowest BCUT2D eigenvalue weighted by molar-refractivity contribution is -0.121. The van der Waals surface area contributed by atoms with E-state index in [4.69, 9.17) is 0 Å². The van der Waals surface area contributed by atoms with Gasteiger partial charge < -0.3 is 0 Å². The molecular weight excluding hydrogens is 362 g/mol. The van der Waals surface area contributed by atoms with Crippen molar-refractivity contribution < 1.29 is 13.6 Å². The maximum absolute atomic E-state index is 12.6. The number of likely N-dealkylation sites (tertiary alicyclic amines) is 1. The minimum absolute atomic E-state index is 0.0760. The molecule has 5 nitrogen and oxygen atoms in total.